The summed E-state index contributed by atoms with van der Waals surface area (Å²) in [7, 11) is 4.55. The van der Waals surface area contributed by atoms with Gasteiger partial charge in [-0.15, -0.1) is 0 Å². The van der Waals surface area contributed by atoms with Crippen LogP contribution >= 0.6 is 31.9 Å². The molecule has 0 unspecified atom stereocenters. The first-order chi connectivity index (χ1) is 18.9. The number of halogens is 2. The van der Waals surface area contributed by atoms with Crippen molar-refractivity contribution in [3.8, 4) is 17.2 Å². The van der Waals surface area contributed by atoms with E-state index in [-0.39, 0.29) is 17.7 Å². The van der Waals surface area contributed by atoms with Crippen molar-refractivity contribution >= 4 is 43.7 Å². The SMILES string of the molecule is COc1ccc(C(=O)N2CCN(C(=O)C(Cc3ccccc3Br)Cc3ccccc3Br)CC2)c(OC)c1OC. The van der Waals surface area contributed by atoms with E-state index in [4.69, 9.17) is 14.2 Å². The van der Waals surface area contributed by atoms with Gasteiger partial charge in [0.25, 0.3) is 5.91 Å². The highest BCUT2D eigenvalue weighted by atomic mass is 79.9. The first-order valence-electron chi connectivity index (χ1n) is 12.7. The van der Waals surface area contributed by atoms with Gasteiger partial charge < -0.3 is 24.0 Å². The van der Waals surface area contributed by atoms with Crippen LogP contribution < -0.4 is 14.2 Å². The number of rotatable bonds is 9. The Morgan fingerprint density at radius 1 is 0.718 bits per heavy atom. The Balaban J connectivity index is 1.50. The van der Waals surface area contributed by atoms with E-state index in [0.29, 0.717) is 61.8 Å². The van der Waals surface area contributed by atoms with Crippen LogP contribution in [0.3, 0.4) is 0 Å². The molecule has 0 saturated carbocycles. The molecule has 2 amide bonds. The van der Waals surface area contributed by atoms with Crippen LogP contribution in [-0.2, 0) is 17.6 Å². The van der Waals surface area contributed by atoms with E-state index >= 15 is 0 Å². The monoisotopic (exact) mass is 658 g/mol. The average Bonchev–Trinajstić information content (AvgIpc) is 2.97. The Labute approximate surface area is 246 Å². The van der Waals surface area contributed by atoms with Gasteiger partial charge in [0.1, 0.15) is 0 Å². The topological polar surface area (TPSA) is 68.3 Å². The minimum atomic E-state index is -0.240. The summed E-state index contributed by atoms with van der Waals surface area (Å²) in [6.45, 7) is 1.78. The van der Waals surface area contributed by atoms with E-state index in [9.17, 15) is 9.59 Å². The van der Waals surface area contributed by atoms with Crippen molar-refractivity contribution in [2.45, 2.75) is 12.8 Å². The molecule has 206 valence electrons. The van der Waals surface area contributed by atoms with Crippen LogP contribution in [0.5, 0.6) is 17.2 Å². The molecule has 0 radical (unpaired) electrons. The molecule has 4 rings (SSSR count). The summed E-state index contributed by atoms with van der Waals surface area (Å²) in [4.78, 5) is 31.0. The number of ether oxygens (including phenoxy) is 3. The van der Waals surface area contributed by atoms with Gasteiger partial charge in [-0.3, -0.25) is 9.59 Å². The van der Waals surface area contributed by atoms with Crippen LogP contribution in [0.25, 0.3) is 0 Å². The van der Waals surface area contributed by atoms with Crippen molar-refractivity contribution in [3.05, 3.63) is 86.3 Å². The quantitative estimate of drug-likeness (QED) is 0.298. The molecule has 0 aliphatic carbocycles. The number of carbonyl (C=O) groups excluding carboxylic acids is 2. The molecule has 1 aliphatic heterocycles. The number of amides is 2. The Bertz CT molecular complexity index is 1280. The third kappa shape index (κ3) is 6.58. The van der Waals surface area contributed by atoms with E-state index in [2.05, 4.69) is 44.0 Å². The second-order valence-electron chi connectivity index (χ2n) is 9.29. The van der Waals surface area contributed by atoms with Gasteiger partial charge in [0.15, 0.2) is 11.5 Å². The highest BCUT2D eigenvalue weighted by Gasteiger charge is 2.32. The molecular formula is C30H32Br2N2O5. The number of hydrogen-bond acceptors (Lipinski definition) is 5. The molecule has 1 heterocycles. The van der Waals surface area contributed by atoms with Crippen LogP contribution in [0, 0.1) is 5.92 Å². The van der Waals surface area contributed by atoms with Gasteiger partial charge in [-0.05, 0) is 48.2 Å². The van der Waals surface area contributed by atoms with Crippen LogP contribution in [0.4, 0.5) is 0 Å². The highest BCUT2D eigenvalue weighted by molar-refractivity contribution is 9.10. The van der Waals surface area contributed by atoms with Crippen LogP contribution in [0.2, 0.25) is 0 Å². The maximum Gasteiger partial charge on any atom is 0.257 e. The number of carbonyl (C=O) groups is 2. The molecule has 1 fully saturated rings. The second kappa shape index (κ2) is 13.3. The largest absolute Gasteiger partial charge is 0.493 e. The molecule has 0 atom stereocenters. The summed E-state index contributed by atoms with van der Waals surface area (Å²) in [6.07, 6.45) is 1.23. The second-order valence-corrected chi connectivity index (χ2v) is 11.0. The Morgan fingerprint density at radius 2 is 1.23 bits per heavy atom. The zero-order chi connectivity index (χ0) is 27.9. The number of piperazine rings is 1. The molecule has 1 saturated heterocycles. The summed E-state index contributed by atoms with van der Waals surface area (Å²) in [5, 5.41) is 0. The first kappa shape index (κ1) is 29.0. The standard InChI is InChI=1S/C30H32Br2N2O5/c1-37-26-13-12-23(27(38-2)28(26)39-3)30(36)34-16-14-33(15-17-34)29(35)22(18-20-8-4-6-10-24(20)31)19-21-9-5-7-11-25(21)32/h4-13,22H,14-19H2,1-3H3. The lowest BCUT2D eigenvalue weighted by atomic mass is 9.91. The van der Waals surface area contributed by atoms with Gasteiger partial charge in [0.2, 0.25) is 11.7 Å². The first-order valence-corrected chi connectivity index (χ1v) is 14.3. The van der Waals surface area contributed by atoms with Gasteiger partial charge in [0.05, 0.1) is 26.9 Å². The third-order valence-electron chi connectivity index (χ3n) is 7.01. The highest BCUT2D eigenvalue weighted by Crippen LogP contribution is 2.40. The number of benzene rings is 3. The minimum absolute atomic E-state index is 0.0947. The molecule has 0 spiro atoms. The van der Waals surface area contributed by atoms with Gasteiger partial charge >= 0.3 is 0 Å². The molecule has 39 heavy (non-hydrogen) atoms. The molecule has 3 aromatic carbocycles. The van der Waals surface area contributed by atoms with E-state index in [1.807, 2.05) is 41.3 Å². The van der Waals surface area contributed by atoms with Crippen molar-refractivity contribution in [2.24, 2.45) is 5.92 Å². The molecular weight excluding hydrogens is 628 g/mol. The Kier molecular flexibility index (Phi) is 9.91. The Morgan fingerprint density at radius 3 is 1.72 bits per heavy atom. The van der Waals surface area contributed by atoms with Gasteiger partial charge in [0, 0.05) is 41.0 Å². The summed E-state index contributed by atoms with van der Waals surface area (Å²) in [5.41, 5.74) is 2.59. The van der Waals surface area contributed by atoms with Crippen LogP contribution in [0.1, 0.15) is 21.5 Å². The van der Waals surface area contributed by atoms with E-state index < -0.39 is 0 Å². The number of hydrogen-bond donors (Lipinski definition) is 0. The summed E-state index contributed by atoms with van der Waals surface area (Å²) >= 11 is 7.28. The molecule has 0 aromatic heterocycles. The van der Waals surface area contributed by atoms with Crippen molar-refractivity contribution < 1.29 is 23.8 Å². The zero-order valence-corrected chi connectivity index (χ0v) is 25.5. The van der Waals surface area contributed by atoms with Crippen molar-refractivity contribution in [1.29, 1.82) is 0 Å². The lowest BCUT2D eigenvalue weighted by Gasteiger charge is -2.37. The van der Waals surface area contributed by atoms with Gasteiger partial charge in [-0.25, -0.2) is 0 Å². The number of methoxy groups -OCH3 is 3. The maximum atomic E-state index is 13.9. The molecule has 9 heteroatoms. The fraction of sp³-hybridized carbons (Fsp3) is 0.333. The molecule has 1 aliphatic rings. The summed E-state index contributed by atoms with van der Waals surface area (Å²) in [6, 6.07) is 19.4. The van der Waals surface area contributed by atoms with E-state index in [1.165, 1.54) is 21.3 Å². The lowest BCUT2D eigenvalue weighted by Crippen LogP contribution is -2.52. The van der Waals surface area contributed by atoms with Gasteiger partial charge in [-0.1, -0.05) is 68.3 Å². The molecule has 3 aromatic rings. The minimum Gasteiger partial charge on any atom is -0.493 e. The van der Waals surface area contributed by atoms with E-state index in [0.717, 1.165) is 20.1 Å². The molecule has 7 nitrogen and oxygen atoms in total. The number of nitrogens with zero attached hydrogens (tertiary/aromatic N) is 2. The molecule has 0 N–H and O–H groups in total. The predicted molar refractivity (Wildman–Crippen MR) is 158 cm³/mol. The summed E-state index contributed by atoms with van der Waals surface area (Å²) in [5.74, 6) is 0.886. The van der Waals surface area contributed by atoms with Crippen molar-refractivity contribution in [2.75, 3.05) is 47.5 Å². The third-order valence-corrected chi connectivity index (χ3v) is 8.56. The van der Waals surface area contributed by atoms with Crippen LogP contribution in [0.15, 0.2) is 69.6 Å². The fourth-order valence-corrected chi connectivity index (χ4v) is 5.83. The van der Waals surface area contributed by atoms with Gasteiger partial charge in [-0.2, -0.15) is 0 Å². The summed E-state index contributed by atoms with van der Waals surface area (Å²) < 4.78 is 18.3. The normalized spacial score (nSPS) is 13.4. The van der Waals surface area contributed by atoms with E-state index in [1.54, 1.807) is 17.0 Å². The fourth-order valence-electron chi connectivity index (χ4n) is 4.93. The van der Waals surface area contributed by atoms with Crippen molar-refractivity contribution in [3.63, 3.8) is 0 Å². The smallest absolute Gasteiger partial charge is 0.257 e. The Hall–Kier alpha value is -3.04. The molecule has 0 bridgehead atoms. The lowest BCUT2D eigenvalue weighted by molar-refractivity contribution is -0.137. The van der Waals surface area contributed by atoms with Crippen molar-refractivity contribution in [1.82, 2.24) is 9.80 Å². The van der Waals surface area contributed by atoms with Crippen LogP contribution in [-0.4, -0.2) is 69.1 Å². The predicted octanol–water partition coefficient (Wildman–Crippen LogP) is 5.62. The maximum absolute atomic E-state index is 13.9. The average molecular weight is 660 g/mol. The zero-order valence-electron chi connectivity index (χ0n) is 22.3.